The van der Waals surface area contributed by atoms with Gasteiger partial charge in [-0.25, -0.2) is 9.97 Å². The molecule has 0 saturated carbocycles. The third-order valence-electron chi connectivity index (χ3n) is 2.17. The summed E-state index contributed by atoms with van der Waals surface area (Å²) in [6.07, 6.45) is 4.68. The van der Waals surface area contributed by atoms with E-state index >= 15 is 0 Å². The second kappa shape index (κ2) is 3.92. The fourth-order valence-corrected chi connectivity index (χ4v) is 1.72. The molecule has 0 fully saturated rings. The van der Waals surface area contributed by atoms with Crippen LogP contribution < -0.4 is 0 Å². The Morgan fingerprint density at radius 3 is 3.14 bits per heavy atom. The Morgan fingerprint density at radius 2 is 2.36 bits per heavy atom. The van der Waals surface area contributed by atoms with Crippen LogP contribution in [-0.4, -0.2) is 22.8 Å². The zero-order valence-corrected chi connectivity index (χ0v) is 8.58. The minimum atomic E-state index is 0.259. The normalized spacial score (nSPS) is 18.0. The van der Waals surface area contributed by atoms with Crippen molar-refractivity contribution in [1.29, 1.82) is 0 Å². The molecule has 0 bridgehead atoms. The topological polar surface area (TPSA) is 47.4 Å². The molecular weight excluding hydrogens is 202 g/mol. The fraction of sp³-hybridized carbons (Fsp3) is 0.444. The van der Waals surface area contributed by atoms with Gasteiger partial charge in [0.25, 0.3) is 0 Å². The predicted octanol–water partition coefficient (Wildman–Crippen LogP) is 1.82. The number of hydrogen-bond donors (Lipinski definition) is 0. The van der Waals surface area contributed by atoms with Crippen LogP contribution in [0.3, 0.4) is 0 Å². The maximum Gasteiger partial charge on any atom is 0.222 e. The highest BCUT2D eigenvalue weighted by Crippen LogP contribution is 2.20. The second-order valence-corrected chi connectivity index (χ2v) is 3.43. The highest BCUT2D eigenvalue weighted by atomic mass is 35.5. The first-order chi connectivity index (χ1) is 6.81. The lowest BCUT2D eigenvalue weighted by atomic mass is 9.96. The lowest BCUT2D eigenvalue weighted by Gasteiger charge is -2.15. The van der Waals surface area contributed by atoms with Gasteiger partial charge < -0.3 is 4.84 Å². The number of hydrogen-bond acceptors (Lipinski definition) is 4. The molecule has 74 valence electrons. The number of nitrogens with zero attached hydrogens (tertiary/aromatic N) is 3. The van der Waals surface area contributed by atoms with Crippen molar-refractivity contribution in [2.75, 3.05) is 7.11 Å². The van der Waals surface area contributed by atoms with E-state index in [9.17, 15) is 0 Å². The number of aryl methyl sites for hydroxylation is 1. The maximum absolute atomic E-state index is 5.72. The lowest BCUT2D eigenvalue weighted by Crippen LogP contribution is -2.15. The minimum Gasteiger partial charge on any atom is -0.399 e. The van der Waals surface area contributed by atoms with Crippen LogP contribution in [0.15, 0.2) is 11.4 Å². The van der Waals surface area contributed by atoms with Gasteiger partial charge in [0.2, 0.25) is 5.28 Å². The van der Waals surface area contributed by atoms with Crippen LogP contribution in [0.2, 0.25) is 5.28 Å². The largest absolute Gasteiger partial charge is 0.399 e. The zero-order chi connectivity index (χ0) is 9.97. The Bertz CT molecular complexity index is 378. The molecule has 0 radical (unpaired) electrons. The minimum absolute atomic E-state index is 0.259. The van der Waals surface area contributed by atoms with Gasteiger partial charge in [0.1, 0.15) is 12.8 Å². The van der Waals surface area contributed by atoms with Gasteiger partial charge in [0, 0.05) is 6.20 Å². The molecule has 1 aromatic rings. The van der Waals surface area contributed by atoms with E-state index in [0.29, 0.717) is 0 Å². The van der Waals surface area contributed by atoms with E-state index in [2.05, 4.69) is 15.1 Å². The van der Waals surface area contributed by atoms with Crippen LogP contribution in [0, 0.1) is 0 Å². The molecule has 0 aromatic carbocycles. The summed E-state index contributed by atoms with van der Waals surface area (Å²) >= 11 is 5.72. The van der Waals surface area contributed by atoms with Crippen molar-refractivity contribution < 1.29 is 4.84 Å². The van der Waals surface area contributed by atoms with Crippen LogP contribution in [0.4, 0.5) is 0 Å². The van der Waals surface area contributed by atoms with Gasteiger partial charge in [-0.15, -0.1) is 0 Å². The third-order valence-corrected chi connectivity index (χ3v) is 2.35. The van der Waals surface area contributed by atoms with Crippen molar-refractivity contribution in [2.45, 2.75) is 19.3 Å². The molecule has 0 aliphatic heterocycles. The van der Waals surface area contributed by atoms with Gasteiger partial charge in [0.15, 0.2) is 0 Å². The summed E-state index contributed by atoms with van der Waals surface area (Å²) in [4.78, 5) is 12.9. The van der Waals surface area contributed by atoms with Crippen molar-refractivity contribution in [3.63, 3.8) is 0 Å². The molecule has 1 aliphatic rings. The van der Waals surface area contributed by atoms with E-state index in [0.717, 1.165) is 36.2 Å². The van der Waals surface area contributed by atoms with Crippen LogP contribution >= 0.6 is 11.6 Å². The summed E-state index contributed by atoms with van der Waals surface area (Å²) in [5.41, 5.74) is 2.78. The SMILES string of the molecule is CO/N=C1\CCCc2cnc(Cl)nc21. The second-order valence-electron chi connectivity index (χ2n) is 3.09. The first kappa shape index (κ1) is 9.40. The molecule has 0 N–H and O–H groups in total. The van der Waals surface area contributed by atoms with Gasteiger partial charge in [-0.1, -0.05) is 5.16 Å². The van der Waals surface area contributed by atoms with Gasteiger partial charge in [-0.3, -0.25) is 0 Å². The van der Waals surface area contributed by atoms with Gasteiger partial charge in [-0.05, 0) is 36.4 Å². The van der Waals surface area contributed by atoms with Gasteiger partial charge >= 0.3 is 0 Å². The highest BCUT2D eigenvalue weighted by molar-refractivity contribution is 6.28. The third kappa shape index (κ3) is 1.70. The standard InChI is InChI=1S/C9H10ClN3O/c1-14-13-7-4-2-3-6-5-11-9(10)12-8(6)7/h5H,2-4H2,1H3/b13-7+. The van der Waals surface area contributed by atoms with E-state index in [4.69, 9.17) is 16.4 Å². The summed E-state index contributed by atoms with van der Waals surface area (Å²) in [5.74, 6) is 0. The van der Waals surface area contributed by atoms with E-state index < -0.39 is 0 Å². The van der Waals surface area contributed by atoms with E-state index in [1.165, 1.54) is 7.11 Å². The van der Waals surface area contributed by atoms with Crippen LogP contribution in [0.5, 0.6) is 0 Å². The number of aromatic nitrogens is 2. The van der Waals surface area contributed by atoms with Gasteiger partial charge in [0.05, 0.1) is 5.69 Å². The molecular formula is C9H10ClN3O. The first-order valence-electron chi connectivity index (χ1n) is 4.43. The Labute approximate surface area is 87.0 Å². The summed E-state index contributed by atoms with van der Waals surface area (Å²) in [6.45, 7) is 0. The molecule has 0 atom stereocenters. The van der Waals surface area contributed by atoms with Crippen molar-refractivity contribution >= 4 is 17.3 Å². The number of rotatable bonds is 1. The Hall–Kier alpha value is -1.16. The zero-order valence-electron chi connectivity index (χ0n) is 7.83. The molecule has 0 unspecified atom stereocenters. The van der Waals surface area contributed by atoms with Crippen LogP contribution in [0.1, 0.15) is 24.1 Å². The highest BCUT2D eigenvalue weighted by Gasteiger charge is 2.18. The fourth-order valence-electron chi connectivity index (χ4n) is 1.58. The summed E-state index contributed by atoms with van der Waals surface area (Å²) in [7, 11) is 1.53. The molecule has 1 aromatic heterocycles. The molecule has 1 aliphatic carbocycles. The summed E-state index contributed by atoms with van der Waals surface area (Å²) < 4.78 is 0. The Balaban J connectivity index is 2.47. The molecule has 1 heterocycles. The maximum atomic E-state index is 5.72. The molecule has 5 heteroatoms. The number of oxime groups is 1. The smallest absolute Gasteiger partial charge is 0.222 e. The Kier molecular flexibility index (Phi) is 2.63. The van der Waals surface area contributed by atoms with Crippen molar-refractivity contribution in [1.82, 2.24) is 9.97 Å². The average molecular weight is 212 g/mol. The number of halogens is 1. The lowest BCUT2D eigenvalue weighted by molar-refractivity contribution is 0.212. The predicted molar refractivity (Wildman–Crippen MR) is 53.5 cm³/mol. The van der Waals surface area contributed by atoms with Gasteiger partial charge in [-0.2, -0.15) is 0 Å². The Morgan fingerprint density at radius 1 is 1.50 bits per heavy atom. The molecule has 0 saturated heterocycles. The van der Waals surface area contributed by atoms with E-state index in [-0.39, 0.29) is 5.28 Å². The van der Waals surface area contributed by atoms with E-state index in [1.54, 1.807) is 6.20 Å². The molecule has 2 rings (SSSR count). The van der Waals surface area contributed by atoms with Crippen molar-refractivity contribution in [3.05, 3.63) is 22.7 Å². The first-order valence-corrected chi connectivity index (χ1v) is 4.81. The quantitative estimate of drug-likeness (QED) is 0.526. The summed E-state index contributed by atoms with van der Waals surface area (Å²) in [6, 6.07) is 0. The average Bonchev–Trinajstić information content (AvgIpc) is 2.19. The van der Waals surface area contributed by atoms with Crippen LogP contribution in [0.25, 0.3) is 0 Å². The molecule has 0 amide bonds. The molecule has 4 nitrogen and oxygen atoms in total. The monoisotopic (exact) mass is 211 g/mol. The summed E-state index contributed by atoms with van der Waals surface area (Å²) in [5, 5.41) is 4.19. The van der Waals surface area contributed by atoms with Crippen molar-refractivity contribution in [2.24, 2.45) is 5.16 Å². The van der Waals surface area contributed by atoms with Crippen LogP contribution in [-0.2, 0) is 11.3 Å². The molecule has 0 spiro atoms. The van der Waals surface area contributed by atoms with Crippen molar-refractivity contribution in [3.8, 4) is 0 Å². The van der Waals surface area contributed by atoms with E-state index in [1.807, 2.05) is 0 Å². The molecule has 14 heavy (non-hydrogen) atoms. The number of fused-ring (bicyclic) bond motifs is 1.